The molecule has 0 radical (unpaired) electrons. The van der Waals surface area contributed by atoms with Gasteiger partial charge in [-0.2, -0.15) is 5.10 Å². The van der Waals surface area contributed by atoms with E-state index in [1.54, 1.807) is 47.9 Å². The number of aryl methyl sites for hydroxylation is 2. The molecule has 2 aromatic heterocycles. The van der Waals surface area contributed by atoms with Crippen LogP contribution in [0.5, 0.6) is 0 Å². The third kappa shape index (κ3) is 3.01. The maximum atomic E-state index is 13.3. The summed E-state index contributed by atoms with van der Waals surface area (Å²) >= 11 is 9.77. The van der Waals surface area contributed by atoms with Crippen molar-refractivity contribution in [1.29, 1.82) is 0 Å². The van der Waals surface area contributed by atoms with E-state index in [0.717, 1.165) is 5.39 Å². The van der Waals surface area contributed by atoms with Gasteiger partial charge in [0.1, 0.15) is 5.52 Å². The second-order valence-corrected chi connectivity index (χ2v) is 8.76. The average molecular weight is 500 g/mol. The standard InChI is InChI=1S/C22H16BrClN4O3/c1-11-17-18(26-25-11)15-9-12(24)10-16(23)19(15)27(22(17)31)7-4-8-28-20(29)13-5-2-3-6-14(13)21(28)30/h2-3,5-6,9-10H,4,7-8H2,1H3,(H,25,26). The lowest BCUT2D eigenvalue weighted by atomic mass is 10.1. The molecular weight excluding hydrogens is 484 g/mol. The number of pyridine rings is 1. The zero-order valence-electron chi connectivity index (χ0n) is 16.4. The van der Waals surface area contributed by atoms with E-state index in [1.165, 1.54) is 4.90 Å². The fraction of sp³-hybridized carbons (Fsp3) is 0.182. The van der Waals surface area contributed by atoms with E-state index >= 15 is 0 Å². The van der Waals surface area contributed by atoms with E-state index in [4.69, 9.17) is 11.6 Å². The largest absolute Gasteiger partial charge is 0.306 e. The summed E-state index contributed by atoms with van der Waals surface area (Å²) in [5, 5.41) is 8.96. The van der Waals surface area contributed by atoms with Gasteiger partial charge in [-0.25, -0.2) is 0 Å². The van der Waals surface area contributed by atoms with Crippen LogP contribution in [0.1, 0.15) is 32.8 Å². The lowest BCUT2D eigenvalue weighted by molar-refractivity contribution is 0.0651. The molecular formula is C22H16BrClN4O3. The van der Waals surface area contributed by atoms with Crippen LogP contribution in [-0.4, -0.2) is 38.0 Å². The van der Waals surface area contributed by atoms with Gasteiger partial charge in [-0.15, -0.1) is 0 Å². The fourth-order valence-electron chi connectivity index (χ4n) is 4.19. The Hall–Kier alpha value is -2.97. The third-order valence-corrected chi connectivity index (χ3v) is 6.42. The molecule has 0 fully saturated rings. The van der Waals surface area contributed by atoms with Gasteiger partial charge in [-0.1, -0.05) is 23.7 Å². The summed E-state index contributed by atoms with van der Waals surface area (Å²) in [5.41, 5.74) is 2.57. The predicted octanol–water partition coefficient (Wildman–Crippen LogP) is 4.29. The number of halogens is 2. The molecule has 0 bridgehead atoms. The molecule has 4 aromatic rings. The molecule has 0 atom stereocenters. The highest BCUT2D eigenvalue weighted by Gasteiger charge is 2.34. The number of fused-ring (bicyclic) bond motifs is 4. The van der Waals surface area contributed by atoms with Crippen molar-refractivity contribution in [2.45, 2.75) is 19.9 Å². The Labute approximate surface area is 189 Å². The topological polar surface area (TPSA) is 88.1 Å². The van der Waals surface area contributed by atoms with E-state index in [1.807, 2.05) is 0 Å². The molecule has 2 amide bonds. The molecule has 0 spiro atoms. The van der Waals surface area contributed by atoms with Gasteiger partial charge in [0, 0.05) is 33.7 Å². The lowest BCUT2D eigenvalue weighted by Crippen LogP contribution is -2.32. The summed E-state index contributed by atoms with van der Waals surface area (Å²) in [4.78, 5) is 39.8. The molecule has 0 aliphatic carbocycles. The van der Waals surface area contributed by atoms with Crippen molar-refractivity contribution < 1.29 is 9.59 Å². The van der Waals surface area contributed by atoms with Crippen LogP contribution in [0, 0.1) is 6.92 Å². The van der Waals surface area contributed by atoms with Gasteiger partial charge < -0.3 is 4.57 Å². The number of amides is 2. The van der Waals surface area contributed by atoms with Crippen LogP contribution in [0.2, 0.25) is 5.02 Å². The third-order valence-electron chi connectivity index (χ3n) is 5.60. The minimum atomic E-state index is -0.299. The maximum Gasteiger partial charge on any atom is 0.262 e. The molecule has 0 saturated heterocycles. The highest BCUT2D eigenvalue weighted by Crippen LogP contribution is 2.32. The number of carbonyl (C=O) groups excluding carboxylic acids is 2. The number of aromatic amines is 1. The van der Waals surface area contributed by atoms with Gasteiger partial charge >= 0.3 is 0 Å². The number of aromatic nitrogens is 3. The Kier molecular flexibility index (Phi) is 4.71. The Morgan fingerprint density at radius 3 is 2.42 bits per heavy atom. The highest BCUT2D eigenvalue weighted by molar-refractivity contribution is 9.10. The monoisotopic (exact) mass is 498 g/mol. The predicted molar refractivity (Wildman–Crippen MR) is 122 cm³/mol. The van der Waals surface area contributed by atoms with Gasteiger partial charge in [-0.05, 0) is 53.5 Å². The van der Waals surface area contributed by atoms with E-state index < -0.39 is 0 Å². The normalized spacial score (nSPS) is 13.6. The lowest BCUT2D eigenvalue weighted by Gasteiger charge is -2.16. The van der Waals surface area contributed by atoms with Crippen LogP contribution < -0.4 is 5.56 Å². The zero-order chi connectivity index (χ0) is 21.9. The first-order valence-electron chi connectivity index (χ1n) is 9.70. The summed E-state index contributed by atoms with van der Waals surface area (Å²) < 4.78 is 2.33. The Morgan fingerprint density at radius 1 is 1.06 bits per heavy atom. The van der Waals surface area contributed by atoms with Gasteiger partial charge in [0.25, 0.3) is 17.4 Å². The Morgan fingerprint density at radius 2 is 1.74 bits per heavy atom. The zero-order valence-corrected chi connectivity index (χ0v) is 18.7. The van der Waals surface area contributed by atoms with Crippen molar-refractivity contribution in [2.24, 2.45) is 0 Å². The van der Waals surface area contributed by atoms with Crippen LogP contribution in [0.25, 0.3) is 21.8 Å². The van der Waals surface area contributed by atoms with Crippen molar-refractivity contribution in [1.82, 2.24) is 19.7 Å². The van der Waals surface area contributed by atoms with Gasteiger partial charge in [-0.3, -0.25) is 24.4 Å². The summed E-state index contributed by atoms with van der Waals surface area (Å²) in [6, 6.07) is 10.3. The molecule has 0 unspecified atom stereocenters. The molecule has 7 nitrogen and oxygen atoms in total. The van der Waals surface area contributed by atoms with E-state index in [-0.39, 0.29) is 23.9 Å². The average Bonchev–Trinajstić information content (AvgIpc) is 3.24. The first kappa shape index (κ1) is 20.0. The van der Waals surface area contributed by atoms with Gasteiger partial charge in [0.15, 0.2) is 0 Å². The summed E-state index contributed by atoms with van der Waals surface area (Å²) in [5.74, 6) is -0.598. The summed E-state index contributed by atoms with van der Waals surface area (Å²) in [6.45, 7) is 2.34. The fourth-order valence-corrected chi connectivity index (χ4v) is 5.21. The number of carbonyl (C=O) groups is 2. The van der Waals surface area contributed by atoms with E-state index in [0.29, 0.717) is 55.7 Å². The molecule has 3 heterocycles. The second kappa shape index (κ2) is 7.32. The number of hydrogen-bond acceptors (Lipinski definition) is 4. The van der Waals surface area contributed by atoms with Gasteiger partial charge in [0.2, 0.25) is 0 Å². The van der Waals surface area contributed by atoms with Gasteiger partial charge in [0.05, 0.1) is 22.0 Å². The molecule has 31 heavy (non-hydrogen) atoms. The van der Waals surface area contributed by atoms with Crippen LogP contribution in [0.4, 0.5) is 0 Å². The van der Waals surface area contributed by atoms with Crippen molar-refractivity contribution in [3.8, 4) is 0 Å². The molecule has 5 rings (SSSR count). The van der Waals surface area contributed by atoms with Crippen LogP contribution in [0.3, 0.4) is 0 Å². The molecule has 1 aliphatic heterocycles. The molecule has 9 heteroatoms. The van der Waals surface area contributed by atoms with E-state index in [9.17, 15) is 14.4 Å². The quantitative estimate of drug-likeness (QED) is 0.424. The maximum absolute atomic E-state index is 13.3. The number of hydrogen-bond donors (Lipinski definition) is 1. The number of benzene rings is 2. The van der Waals surface area contributed by atoms with Crippen LogP contribution in [0.15, 0.2) is 45.7 Å². The molecule has 1 aliphatic rings. The SMILES string of the molecule is Cc1[nH]nc2c1c(=O)n(CCCN1C(=O)c3ccccc3C1=O)c1c(Br)cc(Cl)cc21. The molecule has 1 N–H and O–H groups in total. The smallest absolute Gasteiger partial charge is 0.262 e. The van der Waals surface area contributed by atoms with Crippen molar-refractivity contribution >= 4 is 61.2 Å². The Balaban J connectivity index is 1.52. The number of rotatable bonds is 4. The number of imide groups is 1. The van der Waals surface area contributed by atoms with Crippen LogP contribution >= 0.6 is 27.5 Å². The number of nitrogens with one attached hydrogen (secondary N) is 1. The first-order valence-corrected chi connectivity index (χ1v) is 10.9. The van der Waals surface area contributed by atoms with Crippen LogP contribution in [-0.2, 0) is 6.54 Å². The van der Waals surface area contributed by atoms with Crippen molar-refractivity contribution in [2.75, 3.05) is 6.54 Å². The highest BCUT2D eigenvalue weighted by atomic mass is 79.9. The molecule has 0 saturated carbocycles. The minimum Gasteiger partial charge on any atom is -0.306 e. The number of H-pyrrole nitrogens is 1. The minimum absolute atomic E-state index is 0.181. The van der Waals surface area contributed by atoms with Crippen molar-refractivity contribution in [3.63, 3.8) is 0 Å². The first-order chi connectivity index (χ1) is 14.9. The molecule has 2 aromatic carbocycles. The van der Waals surface area contributed by atoms with E-state index in [2.05, 4.69) is 26.1 Å². The number of nitrogens with zero attached hydrogens (tertiary/aromatic N) is 3. The second-order valence-electron chi connectivity index (χ2n) is 7.47. The Bertz CT molecular complexity index is 1440. The molecule has 156 valence electrons. The van der Waals surface area contributed by atoms with Crippen molar-refractivity contribution in [3.05, 3.63) is 73.1 Å². The summed E-state index contributed by atoms with van der Waals surface area (Å²) in [7, 11) is 0. The summed E-state index contributed by atoms with van der Waals surface area (Å²) in [6.07, 6.45) is 0.429.